The van der Waals surface area contributed by atoms with Crippen molar-refractivity contribution in [3.63, 3.8) is 0 Å². The Morgan fingerprint density at radius 1 is 0.692 bits per heavy atom. The van der Waals surface area contributed by atoms with Gasteiger partial charge in [0.15, 0.2) is 0 Å². The van der Waals surface area contributed by atoms with Crippen LogP contribution in [0.5, 0.6) is 0 Å². The molecule has 0 saturated heterocycles. The maximum atomic E-state index is 13.5. The lowest BCUT2D eigenvalue weighted by Gasteiger charge is -2.36. The number of alkyl halides is 11. The van der Waals surface area contributed by atoms with Crippen LogP contribution in [-0.4, -0.2) is 41.6 Å². The average Bonchev–Trinajstić information content (AvgIpc) is 2.44. The van der Waals surface area contributed by atoms with E-state index < -0.39 is 39.5 Å². The summed E-state index contributed by atoms with van der Waals surface area (Å²) in [5, 5.41) is 8.51. The fourth-order valence-corrected chi connectivity index (χ4v) is 2.48. The third-order valence-corrected chi connectivity index (χ3v) is 4.08. The van der Waals surface area contributed by atoms with Gasteiger partial charge in [-0.3, -0.25) is 0 Å². The van der Waals surface area contributed by atoms with Crippen LogP contribution in [0.25, 0.3) is 0 Å². The van der Waals surface area contributed by atoms with E-state index in [0.717, 1.165) is 22.6 Å². The number of rotatable bonds is 10. The van der Waals surface area contributed by atoms with E-state index in [4.69, 9.17) is 5.11 Å². The van der Waals surface area contributed by atoms with E-state index in [0.29, 0.717) is 19.3 Å². The quantitative estimate of drug-likeness (QED) is 0.202. The van der Waals surface area contributed by atoms with Crippen LogP contribution in [-0.2, 0) is 0 Å². The zero-order chi connectivity index (χ0) is 21.0. The molecule has 13 heteroatoms. The second-order valence-electron chi connectivity index (χ2n) is 5.32. The van der Waals surface area contributed by atoms with E-state index in [1.165, 1.54) is 0 Å². The molecule has 0 spiro atoms. The molecule has 0 rings (SSSR count). The number of halogens is 12. The van der Waals surface area contributed by atoms with Crippen molar-refractivity contribution in [1.82, 2.24) is 0 Å². The Balaban J connectivity index is 5.44. The second-order valence-corrected chi connectivity index (χ2v) is 6.71. The summed E-state index contributed by atoms with van der Waals surface area (Å²) in [5.74, 6) is -27.7. The van der Waals surface area contributed by atoms with Gasteiger partial charge in [-0.2, -0.15) is 48.3 Å². The van der Waals surface area contributed by atoms with Crippen LogP contribution in [0.2, 0.25) is 0 Å². The Hall–Kier alpha value is -0.340. The predicted octanol–water partition coefficient (Wildman–Crippen LogP) is 6.35. The highest BCUT2D eigenvalue weighted by molar-refractivity contribution is 14.1. The van der Waals surface area contributed by atoms with Crippen molar-refractivity contribution in [2.75, 3.05) is 6.61 Å². The molecule has 0 bridgehead atoms. The summed E-state index contributed by atoms with van der Waals surface area (Å²) >= 11 is 1.08. The van der Waals surface area contributed by atoms with E-state index in [-0.39, 0.29) is 19.4 Å². The summed E-state index contributed by atoms with van der Waals surface area (Å²) in [5.41, 5.74) is 0. The van der Waals surface area contributed by atoms with Gasteiger partial charge >= 0.3 is 29.9 Å². The number of unbranched alkanes of at least 4 members (excludes halogenated alkanes) is 3. The van der Waals surface area contributed by atoms with E-state index in [1.54, 1.807) is 0 Å². The largest absolute Gasteiger partial charge is 0.460 e. The van der Waals surface area contributed by atoms with Crippen molar-refractivity contribution in [3.05, 3.63) is 9.66 Å². The highest BCUT2D eigenvalue weighted by Gasteiger charge is 2.86. The van der Waals surface area contributed by atoms with Crippen molar-refractivity contribution in [1.29, 1.82) is 0 Å². The molecule has 0 aromatic rings. The van der Waals surface area contributed by atoms with Crippen molar-refractivity contribution in [3.8, 4) is 0 Å². The Morgan fingerprint density at radius 2 is 1.15 bits per heavy atom. The van der Waals surface area contributed by atoms with Gasteiger partial charge in [-0.05, 0) is 45.4 Å². The maximum absolute atomic E-state index is 13.5. The molecular weight excluding hydrogens is 508 g/mol. The van der Waals surface area contributed by atoms with Gasteiger partial charge in [-0.1, -0.05) is 12.8 Å². The third kappa shape index (κ3) is 5.35. The van der Waals surface area contributed by atoms with Gasteiger partial charge in [0.2, 0.25) is 0 Å². The van der Waals surface area contributed by atoms with Gasteiger partial charge in [-0.25, -0.2) is 0 Å². The van der Waals surface area contributed by atoms with E-state index in [1.807, 2.05) is 0 Å². The Morgan fingerprint density at radius 3 is 1.58 bits per heavy atom. The van der Waals surface area contributed by atoms with Gasteiger partial charge in [0.1, 0.15) is 0 Å². The lowest BCUT2D eigenvalue weighted by molar-refractivity contribution is -0.416. The number of allylic oxidation sites excluding steroid dienone is 2. The van der Waals surface area contributed by atoms with Crippen LogP contribution in [0, 0.1) is 0 Å². The zero-order valence-corrected chi connectivity index (χ0v) is 15.0. The molecule has 0 aromatic heterocycles. The van der Waals surface area contributed by atoms with Crippen LogP contribution in [0.3, 0.4) is 0 Å². The maximum Gasteiger partial charge on any atom is 0.460 e. The van der Waals surface area contributed by atoms with Crippen molar-refractivity contribution in [2.24, 2.45) is 0 Å². The van der Waals surface area contributed by atoms with Crippen LogP contribution in [0.1, 0.15) is 32.1 Å². The summed E-state index contributed by atoms with van der Waals surface area (Å²) in [6.45, 7) is -0.139. The summed E-state index contributed by atoms with van der Waals surface area (Å²) in [7, 11) is 0. The fraction of sp³-hybridized carbons (Fsp3) is 0.846. The van der Waals surface area contributed by atoms with Gasteiger partial charge in [0, 0.05) is 12.7 Å². The molecule has 0 aromatic carbocycles. The van der Waals surface area contributed by atoms with E-state index in [2.05, 4.69) is 0 Å². The summed E-state index contributed by atoms with van der Waals surface area (Å²) in [4.78, 5) is 0. The molecule has 0 aliphatic rings. The van der Waals surface area contributed by atoms with Crippen LogP contribution < -0.4 is 0 Å². The molecule has 0 fully saturated rings. The molecular formula is C13H14F11IO. The third-order valence-electron chi connectivity index (χ3n) is 3.22. The lowest BCUT2D eigenvalue weighted by atomic mass is 9.97. The minimum Gasteiger partial charge on any atom is -0.396 e. The van der Waals surface area contributed by atoms with Crippen molar-refractivity contribution >= 4 is 22.6 Å². The van der Waals surface area contributed by atoms with Crippen molar-refractivity contribution < 1.29 is 53.4 Å². The molecule has 0 unspecified atom stereocenters. The first-order chi connectivity index (χ1) is 11.5. The molecule has 1 nitrogen and oxygen atoms in total. The number of hydrogen-bond acceptors (Lipinski definition) is 1. The molecule has 0 aliphatic carbocycles. The molecule has 0 saturated carbocycles. The van der Waals surface area contributed by atoms with Gasteiger partial charge in [-0.15, -0.1) is 0 Å². The van der Waals surface area contributed by atoms with Crippen LogP contribution >= 0.6 is 22.6 Å². The zero-order valence-electron chi connectivity index (χ0n) is 12.8. The number of aliphatic hydroxyl groups excluding tert-OH is 1. The molecule has 26 heavy (non-hydrogen) atoms. The second kappa shape index (κ2) is 8.78. The van der Waals surface area contributed by atoms with Gasteiger partial charge < -0.3 is 5.11 Å². The minimum atomic E-state index is -7.38. The SMILES string of the molecule is OCCCCCCC(I)=CC(F)(F)C(F)(F)C(F)(F)C(F)(F)C(F)(F)F. The normalized spacial score (nSPS) is 15.5. The van der Waals surface area contributed by atoms with E-state index in [9.17, 15) is 48.3 Å². The Bertz CT molecular complexity index is 485. The Kier molecular flexibility index (Phi) is 8.66. The molecule has 0 amide bonds. The number of aliphatic hydroxyl groups is 1. The molecule has 0 radical (unpaired) electrons. The first-order valence-electron chi connectivity index (χ1n) is 7.01. The number of hydrogen-bond donors (Lipinski definition) is 1. The highest BCUT2D eigenvalue weighted by Crippen LogP contribution is 2.57. The molecule has 0 heterocycles. The smallest absolute Gasteiger partial charge is 0.396 e. The van der Waals surface area contributed by atoms with Crippen LogP contribution in [0.4, 0.5) is 48.3 Å². The molecule has 1 N–H and O–H groups in total. The fourth-order valence-electron chi connectivity index (χ4n) is 1.70. The van der Waals surface area contributed by atoms with Gasteiger partial charge in [0.05, 0.1) is 0 Å². The van der Waals surface area contributed by atoms with Crippen molar-refractivity contribution in [2.45, 2.75) is 62.0 Å². The monoisotopic (exact) mass is 522 g/mol. The first-order valence-corrected chi connectivity index (χ1v) is 8.09. The standard InChI is InChI=1S/C13H14F11IO/c14-9(15,7-8(25)5-3-1-2-4-6-26)10(16,17)11(18,19)12(20,21)13(22,23)24/h7,26H,1-6H2. The molecule has 0 aliphatic heterocycles. The van der Waals surface area contributed by atoms with Gasteiger partial charge in [0.25, 0.3) is 0 Å². The van der Waals surface area contributed by atoms with E-state index >= 15 is 0 Å². The minimum absolute atomic E-state index is 0.130. The average molecular weight is 522 g/mol. The lowest BCUT2D eigenvalue weighted by Crippen LogP contribution is -2.66. The summed E-state index contributed by atoms with van der Waals surface area (Å²) < 4.78 is 140. The highest BCUT2D eigenvalue weighted by atomic mass is 127. The topological polar surface area (TPSA) is 20.2 Å². The van der Waals surface area contributed by atoms with Crippen LogP contribution in [0.15, 0.2) is 9.66 Å². The summed E-state index contributed by atoms with van der Waals surface area (Å²) in [6.07, 6.45) is -6.86. The predicted molar refractivity (Wildman–Crippen MR) is 78.1 cm³/mol. The molecule has 156 valence electrons. The Labute approximate surface area is 154 Å². The molecule has 0 atom stereocenters. The first kappa shape index (κ1) is 25.7. The summed E-state index contributed by atoms with van der Waals surface area (Å²) in [6, 6.07) is 0.